The van der Waals surface area contributed by atoms with Gasteiger partial charge in [0.25, 0.3) is 0 Å². The fraction of sp³-hybridized carbons (Fsp3) is 0.435. The molecule has 1 aliphatic rings. The van der Waals surface area contributed by atoms with Gasteiger partial charge in [-0.1, -0.05) is 25.1 Å². The highest BCUT2D eigenvalue weighted by Gasteiger charge is 2.17. The second-order valence-corrected chi connectivity index (χ2v) is 7.97. The topological polar surface area (TPSA) is 36.5 Å². The fourth-order valence-corrected chi connectivity index (χ4v) is 3.97. The van der Waals surface area contributed by atoms with E-state index in [4.69, 9.17) is 17.0 Å². The molecule has 0 saturated carbocycles. The van der Waals surface area contributed by atoms with Crippen LogP contribution in [0.3, 0.4) is 0 Å². The van der Waals surface area contributed by atoms with Crippen molar-refractivity contribution in [3.8, 4) is 5.75 Å². The molecular formula is C23H31N3OS. The van der Waals surface area contributed by atoms with Crippen LogP contribution >= 0.6 is 12.2 Å². The van der Waals surface area contributed by atoms with Crippen molar-refractivity contribution in [2.75, 3.05) is 29.9 Å². The number of hydrogen-bond acceptors (Lipinski definition) is 3. The SMILES string of the molecule is CCOc1cccc(NC(=S)N[C@@H](C)c2ccc(N3CCC[C@H](C)C3)cc2)c1. The lowest BCUT2D eigenvalue weighted by Crippen LogP contribution is -2.34. The van der Waals surface area contributed by atoms with Gasteiger partial charge in [0.15, 0.2) is 5.11 Å². The first-order valence-corrected chi connectivity index (χ1v) is 10.6. The summed E-state index contributed by atoms with van der Waals surface area (Å²) in [6.07, 6.45) is 2.62. The fourth-order valence-electron chi connectivity index (χ4n) is 3.68. The summed E-state index contributed by atoms with van der Waals surface area (Å²) >= 11 is 5.49. The van der Waals surface area contributed by atoms with Crippen LogP contribution in [0.4, 0.5) is 11.4 Å². The van der Waals surface area contributed by atoms with Crippen LogP contribution in [0.1, 0.15) is 45.2 Å². The molecule has 2 N–H and O–H groups in total. The third-order valence-electron chi connectivity index (χ3n) is 5.17. The monoisotopic (exact) mass is 397 g/mol. The lowest BCUT2D eigenvalue weighted by atomic mass is 9.99. The van der Waals surface area contributed by atoms with Crippen molar-refractivity contribution in [3.05, 3.63) is 54.1 Å². The second-order valence-electron chi connectivity index (χ2n) is 7.57. The average molecular weight is 398 g/mol. The van der Waals surface area contributed by atoms with Gasteiger partial charge in [-0.2, -0.15) is 0 Å². The Labute approximate surface area is 174 Å². The minimum atomic E-state index is 0.129. The number of nitrogens with one attached hydrogen (secondary N) is 2. The molecule has 0 aliphatic carbocycles. The molecule has 0 spiro atoms. The smallest absolute Gasteiger partial charge is 0.171 e. The minimum Gasteiger partial charge on any atom is -0.494 e. The van der Waals surface area contributed by atoms with Crippen LogP contribution in [0.5, 0.6) is 5.75 Å². The lowest BCUT2D eigenvalue weighted by molar-refractivity contribution is 0.340. The van der Waals surface area contributed by atoms with Crippen molar-refractivity contribution in [2.45, 2.75) is 39.7 Å². The number of ether oxygens (including phenoxy) is 1. The van der Waals surface area contributed by atoms with Crippen LogP contribution in [-0.2, 0) is 0 Å². The lowest BCUT2D eigenvalue weighted by Gasteiger charge is -2.33. The third kappa shape index (κ3) is 5.61. The molecule has 0 amide bonds. The Hall–Kier alpha value is -2.27. The summed E-state index contributed by atoms with van der Waals surface area (Å²) in [5.41, 5.74) is 3.46. The molecule has 28 heavy (non-hydrogen) atoms. The minimum absolute atomic E-state index is 0.129. The molecule has 0 bridgehead atoms. The van der Waals surface area contributed by atoms with Gasteiger partial charge in [0, 0.05) is 30.5 Å². The Morgan fingerprint density at radius 1 is 1.25 bits per heavy atom. The van der Waals surface area contributed by atoms with E-state index in [1.54, 1.807) is 0 Å². The van der Waals surface area contributed by atoms with Crippen LogP contribution in [0, 0.1) is 5.92 Å². The quantitative estimate of drug-likeness (QED) is 0.641. The summed E-state index contributed by atoms with van der Waals surface area (Å²) in [6, 6.07) is 16.8. The predicted molar refractivity (Wildman–Crippen MR) is 122 cm³/mol. The Kier molecular flexibility index (Phi) is 7.15. The molecule has 2 aromatic rings. The van der Waals surface area contributed by atoms with Gasteiger partial charge in [-0.3, -0.25) is 0 Å². The summed E-state index contributed by atoms with van der Waals surface area (Å²) < 4.78 is 5.54. The number of thiocarbonyl (C=S) groups is 1. The molecule has 2 aromatic carbocycles. The van der Waals surface area contributed by atoms with Crippen LogP contribution < -0.4 is 20.3 Å². The number of anilines is 2. The summed E-state index contributed by atoms with van der Waals surface area (Å²) in [5.74, 6) is 1.62. The Balaban J connectivity index is 1.55. The van der Waals surface area contributed by atoms with Crippen molar-refractivity contribution < 1.29 is 4.74 Å². The maximum Gasteiger partial charge on any atom is 0.171 e. The van der Waals surface area contributed by atoms with E-state index >= 15 is 0 Å². The zero-order valence-corrected chi connectivity index (χ0v) is 17.9. The highest BCUT2D eigenvalue weighted by Crippen LogP contribution is 2.25. The first-order valence-electron chi connectivity index (χ1n) is 10.2. The van der Waals surface area contributed by atoms with Crippen molar-refractivity contribution >= 4 is 28.7 Å². The Morgan fingerprint density at radius 2 is 2.04 bits per heavy atom. The zero-order chi connectivity index (χ0) is 19.9. The van der Waals surface area contributed by atoms with E-state index in [9.17, 15) is 0 Å². The molecule has 4 nitrogen and oxygen atoms in total. The van der Waals surface area contributed by atoms with Crippen LogP contribution in [0.25, 0.3) is 0 Å². The number of benzene rings is 2. The molecule has 5 heteroatoms. The molecule has 1 fully saturated rings. The third-order valence-corrected chi connectivity index (χ3v) is 5.39. The van der Waals surface area contributed by atoms with E-state index in [1.807, 2.05) is 31.2 Å². The number of hydrogen-bond donors (Lipinski definition) is 2. The van der Waals surface area contributed by atoms with Gasteiger partial charge in [-0.05, 0) is 74.7 Å². The van der Waals surface area contributed by atoms with Crippen molar-refractivity contribution in [1.29, 1.82) is 0 Å². The first-order chi connectivity index (χ1) is 13.5. The first kappa shape index (κ1) is 20.5. The van der Waals surface area contributed by atoms with Gasteiger partial charge >= 0.3 is 0 Å². The van der Waals surface area contributed by atoms with E-state index in [-0.39, 0.29) is 6.04 Å². The Morgan fingerprint density at radius 3 is 2.75 bits per heavy atom. The van der Waals surface area contributed by atoms with Crippen LogP contribution in [-0.4, -0.2) is 24.8 Å². The largest absolute Gasteiger partial charge is 0.494 e. The van der Waals surface area contributed by atoms with Crippen molar-refractivity contribution in [1.82, 2.24) is 5.32 Å². The maximum absolute atomic E-state index is 5.54. The molecule has 2 atom stereocenters. The highest BCUT2D eigenvalue weighted by molar-refractivity contribution is 7.80. The van der Waals surface area contributed by atoms with E-state index in [0.29, 0.717) is 11.7 Å². The van der Waals surface area contributed by atoms with Gasteiger partial charge in [-0.15, -0.1) is 0 Å². The second kappa shape index (κ2) is 9.78. The van der Waals surface area contributed by atoms with Crippen molar-refractivity contribution in [3.63, 3.8) is 0 Å². The number of piperidine rings is 1. The van der Waals surface area contributed by atoms with Gasteiger partial charge in [-0.25, -0.2) is 0 Å². The van der Waals surface area contributed by atoms with E-state index < -0.39 is 0 Å². The molecule has 1 aliphatic heterocycles. The maximum atomic E-state index is 5.54. The predicted octanol–water partition coefficient (Wildman–Crippen LogP) is 5.37. The van der Waals surface area contributed by atoms with E-state index in [2.05, 4.69) is 53.6 Å². The summed E-state index contributed by atoms with van der Waals surface area (Å²) in [6.45, 7) is 9.40. The van der Waals surface area contributed by atoms with Gasteiger partial charge in [0.05, 0.1) is 12.6 Å². The van der Waals surface area contributed by atoms with Gasteiger partial charge in [0.1, 0.15) is 5.75 Å². The van der Waals surface area contributed by atoms with Crippen LogP contribution in [0.2, 0.25) is 0 Å². The normalized spacial score (nSPS) is 17.7. The molecule has 1 saturated heterocycles. The van der Waals surface area contributed by atoms with E-state index in [1.165, 1.54) is 24.1 Å². The molecule has 150 valence electrons. The van der Waals surface area contributed by atoms with E-state index in [0.717, 1.165) is 30.4 Å². The summed E-state index contributed by atoms with van der Waals surface area (Å²) in [7, 11) is 0. The molecule has 0 unspecified atom stereocenters. The summed E-state index contributed by atoms with van der Waals surface area (Å²) in [4.78, 5) is 2.49. The highest BCUT2D eigenvalue weighted by atomic mass is 32.1. The Bertz CT molecular complexity index is 778. The summed E-state index contributed by atoms with van der Waals surface area (Å²) in [5, 5.41) is 7.22. The molecular weight excluding hydrogens is 366 g/mol. The number of nitrogens with zero attached hydrogens (tertiary/aromatic N) is 1. The average Bonchev–Trinajstić information content (AvgIpc) is 2.68. The van der Waals surface area contributed by atoms with Crippen molar-refractivity contribution in [2.24, 2.45) is 5.92 Å². The van der Waals surface area contributed by atoms with Gasteiger partial charge in [0.2, 0.25) is 0 Å². The zero-order valence-electron chi connectivity index (χ0n) is 17.1. The van der Waals surface area contributed by atoms with Crippen LogP contribution in [0.15, 0.2) is 48.5 Å². The standard InChI is InChI=1S/C23H31N3OS/c1-4-27-22-9-5-8-20(15-22)25-23(28)24-18(3)19-10-12-21(13-11-19)26-14-6-7-17(2)16-26/h5,8-13,15,17-18H,4,6-7,14,16H2,1-3H3,(H2,24,25,28)/t17-,18-/m0/s1. The molecule has 1 heterocycles. The van der Waals surface area contributed by atoms with Gasteiger partial charge < -0.3 is 20.3 Å². The molecule has 0 radical (unpaired) electrons. The molecule has 0 aromatic heterocycles. The molecule has 3 rings (SSSR count). The number of rotatable bonds is 6.